The maximum atomic E-state index is 12.5. The van der Waals surface area contributed by atoms with Crippen LogP contribution in [-0.4, -0.2) is 49.1 Å². The zero-order valence-corrected chi connectivity index (χ0v) is 17.1. The van der Waals surface area contributed by atoms with Crippen molar-refractivity contribution in [3.63, 3.8) is 0 Å². The fraction of sp³-hybridized carbons (Fsp3) is 0.588. The van der Waals surface area contributed by atoms with E-state index in [0.29, 0.717) is 11.8 Å². The van der Waals surface area contributed by atoms with E-state index in [2.05, 4.69) is 5.32 Å². The van der Waals surface area contributed by atoms with Gasteiger partial charge in [-0.15, -0.1) is 0 Å². The molecule has 150 valence electrons. The van der Waals surface area contributed by atoms with E-state index in [1.54, 1.807) is 0 Å². The van der Waals surface area contributed by atoms with Crippen molar-refractivity contribution in [3.8, 4) is 0 Å². The van der Waals surface area contributed by atoms with E-state index >= 15 is 0 Å². The number of amides is 1. The zero-order valence-electron chi connectivity index (χ0n) is 15.5. The molecule has 1 fully saturated rings. The van der Waals surface area contributed by atoms with Crippen molar-refractivity contribution in [2.24, 2.45) is 0 Å². The number of nitrogens with one attached hydrogen (secondary N) is 1. The Morgan fingerprint density at radius 2 is 2.07 bits per heavy atom. The second-order valence-electron chi connectivity index (χ2n) is 6.58. The number of hydrogen-bond acceptors (Lipinski definition) is 6. The molecule has 1 saturated carbocycles. The van der Waals surface area contributed by atoms with Gasteiger partial charge in [-0.05, 0) is 25.8 Å². The summed E-state index contributed by atoms with van der Waals surface area (Å²) in [4.78, 5) is 22.8. The first-order chi connectivity index (χ1) is 12.7. The molecule has 1 aliphatic rings. The van der Waals surface area contributed by atoms with Crippen LogP contribution in [0.25, 0.3) is 0 Å². The molecule has 0 radical (unpaired) electrons. The number of benzene rings is 1. The largest absolute Gasteiger partial charge is 0.353 e. The summed E-state index contributed by atoms with van der Waals surface area (Å²) >= 11 is 1.83. The van der Waals surface area contributed by atoms with Gasteiger partial charge < -0.3 is 5.32 Å². The maximum Gasteiger partial charge on any atom is 0.271 e. The number of anilines is 1. The maximum absolute atomic E-state index is 12.5. The minimum absolute atomic E-state index is 0.0923. The summed E-state index contributed by atoms with van der Waals surface area (Å²) < 4.78 is 25.4. The van der Waals surface area contributed by atoms with Gasteiger partial charge in [0, 0.05) is 29.7 Å². The van der Waals surface area contributed by atoms with Crippen LogP contribution in [0.15, 0.2) is 24.3 Å². The molecule has 1 aromatic rings. The number of nitrogens with zero attached hydrogens (tertiary/aromatic N) is 2. The van der Waals surface area contributed by atoms with Crippen LogP contribution in [0.1, 0.15) is 32.6 Å². The molecular formula is C17H25N3O5S2. The number of non-ortho nitro benzene ring substituents is 1. The van der Waals surface area contributed by atoms with Crippen LogP contribution in [-0.2, 0) is 14.8 Å². The molecular weight excluding hydrogens is 390 g/mol. The Bertz CT molecular complexity index is 779. The van der Waals surface area contributed by atoms with E-state index in [1.165, 1.54) is 50.8 Å². The first kappa shape index (κ1) is 21.5. The molecule has 0 aliphatic heterocycles. The molecule has 0 unspecified atom stereocenters. The van der Waals surface area contributed by atoms with Gasteiger partial charge in [0.05, 0.1) is 16.9 Å². The highest BCUT2D eigenvalue weighted by atomic mass is 32.2. The Balaban J connectivity index is 2.03. The Kier molecular flexibility index (Phi) is 7.49. The molecule has 8 nitrogen and oxygen atoms in total. The van der Waals surface area contributed by atoms with Gasteiger partial charge in [0.2, 0.25) is 15.9 Å². The molecule has 10 heteroatoms. The number of nitro groups is 1. The lowest BCUT2D eigenvalue weighted by molar-refractivity contribution is -0.384. The van der Waals surface area contributed by atoms with Crippen molar-refractivity contribution in [1.82, 2.24) is 5.32 Å². The smallest absolute Gasteiger partial charge is 0.271 e. The molecule has 1 atom stereocenters. The van der Waals surface area contributed by atoms with Crippen LogP contribution in [0.2, 0.25) is 0 Å². The molecule has 0 heterocycles. The Labute approximate surface area is 163 Å². The third kappa shape index (κ3) is 6.10. The fourth-order valence-corrected chi connectivity index (χ4v) is 5.54. The molecule has 2 rings (SSSR count). The predicted molar refractivity (Wildman–Crippen MR) is 108 cm³/mol. The van der Waals surface area contributed by atoms with Gasteiger partial charge in [-0.3, -0.25) is 19.2 Å². The molecule has 27 heavy (non-hydrogen) atoms. The third-order valence-corrected chi connectivity index (χ3v) is 7.06. The Morgan fingerprint density at radius 3 is 2.67 bits per heavy atom. The highest BCUT2D eigenvalue weighted by Gasteiger charge is 2.30. The summed E-state index contributed by atoms with van der Waals surface area (Å²) in [5.74, 6) is 0.345. The molecule has 1 N–H and O–H groups in total. The number of carbonyl (C=O) groups is 1. The molecule has 1 aliphatic carbocycles. The van der Waals surface area contributed by atoms with Gasteiger partial charge in [0.25, 0.3) is 5.69 Å². The topological polar surface area (TPSA) is 110 Å². The predicted octanol–water partition coefficient (Wildman–Crippen LogP) is 2.54. The van der Waals surface area contributed by atoms with Crippen LogP contribution < -0.4 is 9.62 Å². The molecule has 0 bridgehead atoms. The minimum Gasteiger partial charge on any atom is -0.353 e. The van der Waals surface area contributed by atoms with Gasteiger partial charge in [0.15, 0.2) is 0 Å². The van der Waals surface area contributed by atoms with Crippen molar-refractivity contribution in [3.05, 3.63) is 34.4 Å². The SMILES string of the molecule is C[C@H](C(=O)NCCSC1CCCC1)N(c1cccc([N+](=O)[O-])c1)S(C)(=O)=O. The van der Waals surface area contributed by atoms with E-state index < -0.39 is 26.9 Å². The van der Waals surface area contributed by atoms with Gasteiger partial charge in [-0.1, -0.05) is 18.9 Å². The second-order valence-corrected chi connectivity index (χ2v) is 9.85. The monoisotopic (exact) mass is 415 g/mol. The lowest BCUT2D eigenvalue weighted by Gasteiger charge is -2.28. The summed E-state index contributed by atoms with van der Waals surface area (Å²) in [7, 11) is -3.80. The van der Waals surface area contributed by atoms with Crippen LogP contribution in [0.5, 0.6) is 0 Å². The quantitative estimate of drug-likeness (QED) is 0.377. The average Bonchev–Trinajstić information content (AvgIpc) is 3.11. The summed E-state index contributed by atoms with van der Waals surface area (Å²) in [6.45, 7) is 1.93. The highest BCUT2D eigenvalue weighted by Crippen LogP contribution is 2.29. The lowest BCUT2D eigenvalue weighted by atomic mass is 10.2. The highest BCUT2D eigenvalue weighted by molar-refractivity contribution is 7.99. The number of thioether (sulfide) groups is 1. The van der Waals surface area contributed by atoms with Crippen molar-refractivity contribution in [1.29, 1.82) is 0 Å². The molecule has 1 aromatic carbocycles. The van der Waals surface area contributed by atoms with E-state index in [4.69, 9.17) is 0 Å². The van der Waals surface area contributed by atoms with Gasteiger partial charge in [-0.2, -0.15) is 11.8 Å². The van der Waals surface area contributed by atoms with Crippen molar-refractivity contribution < 1.29 is 18.1 Å². The van der Waals surface area contributed by atoms with E-state index in [9.17, 15) is 23.3 Å². The van der Waals surface area contributed by atoms with Crippen LogP contribution in [0.4, 0.5) is 11.4 Å². The first-order valence-electron chi connectivity index (χ1n) is 8.83. The zero-order chi connectivity index (χ0) is 20.0. The van der Waals surface area contributed by atoms with E-state index in [1.807, 2.05) is 11.8 Å². The van der Waals surface area contributed by atoms with Crippen LogP contribution in [0.3, 0.4) is 0 Å². The van der Waals surface area contributed by atoms with E-state index in [0.717, 1.165) is 22.4 Å². The van der Waals surface area contributed by atoms with Crippen molar-refractivity contribution in [2.45, 2.75) is 43.9 Å². The average molecular weight is 416 g/mol. The van der Waals surface area contributed by atoms with Gasteiger partial charge in [-0.25, -0.2) is 8.42 Å². The number of hydrogen-bond donors (Lipinski definition) is 1. The lowest BCUT2D eigenvalue weighted by Crippen LogP contribution is -2.48. The third-order valence-electron chi connectivity index (χ3n) is 4.44. The number of rotatable bonds is 9. The van der Waals surface area contributed by atoms with Crippen molar-refractivity contribution in [2.75, 3.05) is 22.9 Å². The van der Waals surface area contributed by atoms with Gasteiger partial charge in [0.1, 0.15) is 6.04 Å². The van der Waals surface area contributed by atoms with Crippen molar-refractivity contribution >= 4 is 39.1 Å². The summed E-state index contributed by atoms with van der Waals surface area (Å²) in [5, 5.41) is 14.4. The standard InChI is InChI=1S/C17H25N3O5S2/c1-13(17(21)18-10-11-26-16-8-3-4-9-16)19(27(2,24)25)14-6-5-7-15(12-14)20(22)23/h5-7,12-13,16H,3-4,8-11H2,1-2H3,(H,18,21)/t13-/m1/s1. The normalized spacial score (nSPS) is 16.1. The van der Waals surface area contributed by atoms with Crippen LogP contribution >= 0.6 is 11.8 Å². The van der Waals surface area contributed by atoms with Crippen LogP contribution in [0, 0.1) is 10.1 Å². The number of carbonyl (C=O) groups excluding carboxylic acids is 1. The number of sulfonamides is 1. The molecule has 1 amide bonds. The molecule has 0 spiro atoms. The first-order valence-corrected chi connectivity index (χ1v) is 11.7. The molecule has 0 saturated heterocycles. The second kappa shape index (κ2) is 9.41. The summed E-state index contributed by atoms with van der Waals surface area (Å²) in [6.07, 6.45) is 5.92. The summed E-state index contributed by atoms with van der Waals surface area (Å²) in [5.41, 5.74) is -0.142. The number of nitro benzene ring substituents is 1. The fourth-order valence-electron chi connectivity index (χ4n) is 3.16. The van der Waals surface area contributed by atoms with Gasteiger partial charge >= 0.3 is 0 Å². The van der Waals surface area contributed by atoms with E-state index in [-0.39, 0.29) is 11.4 Å². The Hall–Kier alpha value is -1.81. The molecule has 0 aromatic heterocycles. The minimum atomic E-state index is -3.80. The summed E-state index contributed by atoms with van der Waals surface area (Å²) in [6, 6.07) is 4.25. The Morgan fingerprint density at radius 1 is 1.41 bits per heavy atom.